The van der Waals surface area contributed by atoms with Crippen LogP contribution in [0.2, 0.25) is 0 Å². The molecule has 0 saturated carbocycles. The monoisotopic (exact) mass is 259 g/mol. The van der Waals surface area contributed by atoms with Gasteiger partial charge in [-0.2, -0.15) is 0 Å². The highest BCUT2D eigenvalue weighted by Gasteiger charge is 2.21. The third kappa shape index (κ3) is 2.61. The summed E-state index contributed by atoms with van der Waals surface area (Å²) in [7, 11) is 1.64. The van der Waals surface area contributed by atoms with Crippen molar-refractivity contribution in [3.8, 4) is 17.2 Å². The minimum Gasteiger partial charge on any atom is -0.497 e. The number of nitrogens with one attached hydrogen (secondary N) is 1. The molecule has 1 unspecified atom stereocenters. The molecule has 5 nitrogen and oxygen atoms in total. The molecular formula is C14H17N3O2. The van der Waals surface area contributed by atoms with E-state index in [1.54, 1.807) is 7.11 Å². The van der Waals surface area contributed by atoms with E-state index < -0.39 is 0 Å². The molecule has 1 aromatic carbocycles. The van der Waals surface area contributed by atoms with Gasteiger partial charge in [0.1, 0.15) is 5.75 Å². The fourth-order valence-corrected chi connectivity index (χ4v) is 2.33. The number of ether oxygens (including phenoxy) is 1. The molecule has 1 aromatic heterocycles. The summed E-state index contributed by atoms with van der Waals surface area (Å²) in [6.07, 6.45) is 2.26. The Bertz CT molecular complexity index is 547. The summed E-state index contributed by atoms with van der Waals surface area (Å²) in [5.74, 6) is 2.40. The van der Waals surface area contributed by atoms with Gasteiger partial charge in [-0.05, 0) is 37.6 Å². The molecule has 1 aliphatic rings. The van der Waals surface area contributed by atoms with E-state index in [-0.39, 0.29) is 0 Å². The number of hydrogen-bond donors (Lipinski definition) is 1. The molecule has 100 valence electrons. The molecule has 0 amide bonds. The van der Waals surface area contributed by atoms with E-state index >= 15 is 0 Å². The second-order valence-electron chi connectivity index (χ2n) is 4.72. The smallest absolute Gasteiger partial charge is 0.247 e. The lowest BCUT2D eigenvalue weighted by atomic mass is 10.00. The summed E-state index contributed by atoms with van der Waals surface area (Å²) in [5.41, 5.74) is 0.891. The fourth-order valence-electron chi connectivity index (χ4n) is 2.33. The Labute approximate surface area is 112 Å². The third-order valence-electron chi connectivity index (χ3n) is 3.40. The zero-order chi connectivity index (χ0) is 13.1. The molecule has 1 saturated heterocycles. The second-order valence-corrected chi connectivity index (χ2v) is 4.72. The lowest BCUT2D eigenvalue weighted by Crippen LogP contribution is -2.28. The molecular weight excluding hydrogens is 242 g/mol. The van der Waals surface area contributed by atoms with E-state index in [1.807, 2.05) is 24.3 Å². The van der Waals surface area contributed by atoms with Crippen LogP contribution < -0.4 is 10.1 Å². The number of methoxy groups -OCH3 is 1. The minimum atomic E-state index is 0.334. The van der Waals surface area contributed by atoms with Crippen LogP contribution in [0.5, 0.6) is 5.75 Å². The summed E-state index contributed by atoms with van der Waals surface area (Å²) >= 11 is 0. The van der Waals surface area contributed by atoms with Crippen molar-refractivity contribution >= 4 is 0 Å². The van der Waals surface area contributed by atoms with Gasteiger partial charge in [-0.15, -0.1) is 10.2 Å². The van der Waals surface area contributed by atoms with E-state index in [1.165, 1.54) is 0 Å². The summed E-state index contributed by atoms with van der Waals surface area (Å²) in [4.78, 5) is 0. The minimum absolute atomic E-state index is 0.334. The van der Waals surface area contributed by atoms with E-state index in [4.69, 9.17) is 9.15 Å². The van der Waals surface area contributed by atoms with Gasteiger partial charge in [-0.25, -0.2) is 0 Å². The van der Waals surface area contributed by atoms with Crippen LogP contribution in [0.25, 0.3) is 11.5 Å². The molecule has 1 aliphatic heterocycles. The first-order chi connectivity index (χ1) is 9.36. The molecule has 0 spiro atoms. The van der Waals surface area contributed by atoms with Gasteiger partial charge in [0.25, 0.3) is 0 Å². The molecule has 1 N–H and O–H groups in total. The average Bonchev–Trinajstić information content (AvgIpc) is 2.98. The normalized spacial score (nSPS) is 19.3. The number of hydrogen-bond acceptors (Lipinski definition) is 5. The van der Waals surface area contributed by atoms with Crippen molar-refractivity contribution in [1.82, 2.24) is 15.5 Å². The Morgan fingerprint density at radius 2 is 2.32 bits per heavy atom. The Kier molecular flexibility index (Phi) is 3.46. The standard InChI is InChI=1S/C14H17N3O2/c1-18-12-6-2-4-10(8-12)13-16-17-14(19-13)11-5-3-7-15-9-11/h2,4,6,8,11,15H,3,5,7,9H2,1H3. The molecule has 19 heavy (non-hydrogen) atoms. The van der Waals surface area contributed by atoms with Gasteiger partial charge >= 0.3 is 0 Å². The van der Waals surface area contributed by atoms with Crippen LogP contribution in [-0.4, -0.2) is 30.4 Å². The first-order valence-electron chi connectivity index (χ1n) is 6.55. The van der Waals surface area contributed by atoms with Gasteiger partial charge in [-0.3, -0.25) is 0 Å². The Morgan fingerprint density at radius 1 is 1.37 bits per heavy atom. The van der Waals surface area contributed by atoms with Crippen molar-refractivity contribution in [1.29, 1.82) is 0 Å². The summed E-state index contributed by atoms with van der Waals surface area (Å²) in [6.45, 7) is 1.99. The van der Waals surface area contributed by atoms with Crippen molar-refractivity contribution < 1.29 is 9.15 Å². The predicted molar refractivity (Wildman–Crippen MR) is 71.1 cm³/mol. The van der Waals surface area contributed by atoms with Crippen molar-refractivity contribution in [2.24, 2.45) is 0 Å². The maximum atomic E-state index is 5.79. The number of piperidine rings is 1. The van der Waals surface area contributed by atoms with Gasteiger partial charge in [0.05, 0.1) is 7.11 Å². The number of aromatic nitrogens is 2. The van der Waals surface area contributed by atoms with E-state index in [0.29, 0.717) is 11.8 Å². The molecule has 1 fully saturated rings. The molecule has 0 aliphatic carbocycles. The van der Waals surface area contributed by atoms with Crippen molar-refractivity contribution in [2.45, 2.75) is 18.8 Å². The summed E-state index contributed by atoms with van der Waals surface area (Å²) < 4.78 is 11.0. The van der Waals surface area contributed by atoms with Crippen LogP contribution in [0.3, 0.4) is 0 Å². The van der Waals surface area contributed by atoms with Crippen molar-refractivity contribution in [3.05, 3.63) is 30.2 Å². The summed E-state index contributed by atoms with van der Waals surface area (Å²) in [6, 6.07) is 7.65. The second kappa shape index (κ2) is 5.40. The van der Waals surface area contributed by atoms with Gasteiger partial charge in [-0.1, -0.05) is 6.07 Å². The number of benzene rings is 1. The van der Waals surface area contributed by atoms with Crippen LogP contribution in [-0.2, 0) is 0 Å². The maximum Gasteiger partial charge on any atom is 0.247 e. The molecule has 2 heterocycles. The Balaban J connectivity index is 1.83. The van der Waals surface area contributed by atoms with Crippen LogP contribution in [0.4, 0.5) is 0 Å². The maximum absolute atomic E-state index is 5.79. The summed E-state index contributed by atoms with van der Waals surface area (Å²) in [5, 5.41) is 11.7. The number of rotatable bonds is 3. The van der Waals surface area contributed by atoms with E-state index in [9.17, 15) is 0 Å². The highest BCUT2D eigenvalue weighted by Crippen LogP contribution is 2.27. The van der Waals surface area contributed by atoms with Crippen molar-refractivity contribution in [3.63, 3.8) is 0 Å². The van der Waals surface area contributed by atoms with E-state index in [0.717, 1.165) is 43.1 Å². The third-order valence-corrected chi connectivity index (χ3v) is 3.40. The molecule has 1 atom stereocenters. The highest BCUT2D eigenvalue weighted by atomic mass is 16.5. The van der Waals surface area contributed by atoms with Gasteiger partial charge in [0.15, 0.2) is 0 Å². The Hall–Kier alpha value is -1.88. The SMILES string of the molecule is COc1cccc(-c2nnc(C3CCCNC3)o2)c1. The van der Waals surface area contributed by atoms with E-state index in [2.05, 4.69) is 15.5 Å². The van der Waals surface area contributed by atoms with Crippen LogP contribution in [0.15, 0.2) is 28.7 Å². The molecule has 2 aromatic rings. The molecule has 0 radical (unpaired) electrons. The van der Waals surface area contributed by atoms with Crippen LogP contribution >= 0.6 is 0 Å². The fraction of sp³-hybridized carbons (Fsp3) is 0.429. The first-order valence-corrected chi connectivity index (χ1v) is 6.55. The lowest BCUT2D eigenvalue weighted by Gasteiger charge is -2.18. The largest absolute Gasteiger partial charge is 0.497 e. The van der Waals surface area contributed by atoms with Gasteiger partial charge in [0, 0.05) is 18.0 Å². The Morgan fingerprint density at radius 3 is 3.11 bits per heavy atom. The topological polar surface area (TPSA) is 60.2 Å². The first kappa shape index (κ1) is 12.2. The molecule has 0 bridgehead atoms. The van der Waals surface area contributed by atoms with Gasteiger partial charge in [0.2, 0.25) is 11.8 Å². The quantitative estimate of drug-likeness (QED) is 0.915. The lowest BCUT2D eigenvalue weighted by molar-refractivity contribution is 0.380. The zero-order valence-corrected chi connectivity index (χ0v) is 10.9. The highest BCUT2D eigenvalue weighted by molar-refractivity contribution is 5.55. The van der Waals surface area contributed by atoms with Gasteiger partial charge < -0.3 is 14.5 Å². The zero-order valence-electron chi connectivity index (χ0n) is 10.9. The molecule has 3 rings (SSSR count). The predicted octanol–water partition coefficient (Wildman–Crippen LogP) is 2.21. The molecule has 5 heteroatoms. The van der Waals surface area contributed by atoms with Crippen LogP contribution in [0.1, 0.15) is 24.7 Å². The van der Waals surface area contributed by atoms with Crippen molar-refractivity contribution in [2.75, 3.05) is 20.2 Å². The average molecular weight is 259 g/mol. The number of nitrogens with zero attached hydrogens (tertiary/aromatic N) is 2. The van der Waals surface area contributed by atoms with Crippen LogP contribution in [0, 0.1) is 0 Å².